The lowest BCUT2D eigenvalue weighted by Gasteiger charge is -1.94. The Morgan fingerprint density at radius 3 is 3.00 bits per heavy atom. The Morgan fingerprint density at radius 1 is 1.47 bits per heavy atom. The highest BCUT2D eigenvalue weighted by molar-refractivity contribution is 5.76. The van der Waals surface area contributed by atoms with Gasteiger partial charge >= 0.3 is 0 Å². The number of aromatic nitrogens is 1. The molecule has 0 saturated carbocycles. The molecule has 0 amide bonds. The van der Waals surface area contributed by atoms with Crippen molar-refractivity contribution in [1.82, 2.24) is 4.98 Å². The first kappa shape index (κ1) is 11.7. The zero-order valence-electron chi connectivity index (χ0n) is 10.4. The standard InChI is InChI=1S/C14H18N2O/c1-3-4-5-14-16-12-7-6-11(8-10(2)15)9-13(12)17-14/h6-9H,3-5,15H2,1-2H3/b10-8-. The van der Waals surface area contributed by atoms with Gasteiger partial charge in [-0.2, -0.15) is 0 Å². The van der Waals surface area contributed by atoms with Gasteiger partial charge in [-0.3, -0.25) is 0 Å². The van der Waals surface area contributed by atoms with Gasteiger partial charge in [-0.05, 0) is 37.1 Å². The largest absolute Gasteiger partial charge is 0.441 e. The number of nitrogens with two attached hydrogens (primary N) is 1. The third kappa shape index (κ3) is 2.87. The van der Waals surface area contributed by atoms with Crippen molar-refractivity contribution < 1.29 is 4.42 Å². The topological polar surface area (TPSA) is 52.0 Å². The molecular formula is C14H18N2O. The molecule has 90 valence electrons. The molecule has 1 aromatic heterocycles. The van der Waals surface area contributed by atoms with Crippen LogP contribution in [-0.4, -0.2) is 4.98 Å². The van der Waals surface area contributed by atoms with Gasteiger partial charge in [0.05, 0.1) is 0 Å². The smallest absolute Gasteiger partial charge is 0.195 e. The van der Waals surface area contributed by atoms with Gasteiger partial charge in [0.15, 0.2) is 11.5 Å². The lowest BCUT2D eigenvalue weighted by molar-refractivity contribution is 0.517. The van der Waals surface area contributed by atoms with Crippen LogP contribution in [0.4, 0.5) is 0 Å². The molecule has 0 saturated heterocycles. The highest BCUT2D eigenvalue weighted by atomic mass is 16.3. The molecule has 2 rings (SSSR count). The maximum atomic E-state index is 5.71. The van der Waals surface area contributed by atoms with Crippen molar-refractivity contribution in [3.63, 3.8) is 0 Å². The van der Waals surface area contributed by atoms with Crippen LogP contribution in [0.25, 0.3) is 17.2 Å². The first-order chi connectivity index (χ1) is 8.19. The number of unbranched alkanes of at least 4 members (excludes halogenated alkanes) is 1. The number of allylic oxidation sites excluding steroid dienone is 1. The van der Waals surface area contributed by atoms with Crippen molar-refractivity contribution in [3.05, 3.63) is 35.4 Å². The van der Waals surface area contributed by atoms with Gasteiger partial charge in [0.25, 0.3) is 0 Å². The van der Waals surface area contributed by atoms with E-state index in [9.17, 15) is 0 Å². The lowest BCUT2D eigenvalue weighted by Crippen LogP contribution is -1.89. The monoisotopic (exact) mass is 230 g/mol. The Hall–Kier alpha value is -1.77. The summed E-state index contributed by atoms with van der Waals surface area (Å²) in [5.41, 5.74) is 9.25. The Kier molecular flexibility index (Phi) is 3.47. The quantitative estimate of drug-likeness (QED) is 0.874. The van der Waals surface area contributed by atoms with Crippen molar-refractivity contribution in [1.29, 1.82) is 0 Å². The van der Waals surface area contributed by atoms with Gasteiger partial charge in [0.1, 0.15) is 5.52 Å². The molecule has 0 spiro atoms. The van der Waals surface area contributed by atoms with Crippen LogP contribution in [0, 0.1) is 0 Å². The molecule has 1 heterocycles. The molecule has 2 N–H and O–H groups in total. The van der Waals surface area contributed by atoms with Crippen LogP contribution in [0.1, 0.15) is 38.1 Å². The summed E-state index contributed by atoms with van der Waals surface area (Å²) in [6.07, 6.45) is 5.10. The second-order valence-corrected chi connectivity index (χ2v) is 4.33. The number of benzene rings is 1. The Labute approximate surface area is 101 Å². The average molecular weight is 230 g/mol. The van der Waals surface area contributed by atoms with E-state index in [0.29, 0.717) is 0 Å². The summed E-state index contributed by atoms with van der Waals surface area (Å²) in [6.45, 7) is 4.03. The molecule has 3 heteroatoms. The summed E-state index contributed by atoms with van der Waals surface area (Å²) in [5.74, 6) is 0.826. The summed E-state index contributed by atoms with van der Waals surface area (Å²) < 4.78 is 5.71. The Balaban J connectivity index is 2.31. The predicted molar refractivity (Wildman–Crippen MR) is 70.5 cm³/mol. The minimum absolute atomic E-state index is 0.787. The molecule has 0 unspecified atom stereocenters. The molecule has 0 aliphatic heterocycles. The molecule has 3 nitrogen and oxygen atoms in total. The van der Waals surface area contributed by atoms with Crippen LogP contribution in [-0.2, 0) is 6.42 Å². The molecule has 0 radical (unpaired) electrons. The van der Waals surface area contributed by atoms with Crippen LogP contribution in [0.15, 0.2) is 28.3 Å². The fourth-order valence-corrected chi connectivity index (χ4v) is 1.78. The highest BCUT2D eigenvalue weighted by Gasteiger charge is 2.05. The van der Waals surface area contributed by atoms with Crippen LogP contribution < -0.4 is 5.73 Å². The molecule has 0 bridgehead atoms. The van der Waals surface area contributed by atoms with Crippen molar-refractivity contribution >= 4 is 17.2 Å². The second kappa shape index (κ2) is 5.04. The molecule has 17 heavy (non-hydrogen) atoms. The van der Waals surface area contributed by atoms with Crippen LogP contribution in [0.3, 0.4) is 0 Å². The first-order valence-corrected chi connectivity index (χ1v) is 6.02. The van der Waals surface area contributed by atoms with Gasteiger partial charge in [-0.25, -0.2) is 4.98 Å². The minimum atomic E-state index is 0.787. The van der Waals surface area contributed by atoms with E-state index < -0.39 is 0 Å². The average Bonchev–Trinajstić information content (AvgIpc) is 2.67. The number of oxazole rings is 1. The van der Waals surface area contributed by atoms with Gasteiger partial charge < -0.3 is 10.2 Å². The zero-order chi connectivity index (χ0) is 12.3. The molecule has 0 aliphatic rings. The third-order valence-corrected chi connectivity index (χ3v) is 2.60. The number of nitrogens with zero attached hydrogens (tertiary/aromatic N) is 1. The van der Waals surface area contributed by atoms with E-state index in [2.05, 4.69) is 11.9 Å². The van der Waals surface area contributed by atoms with Crippen LogP contribution in [0.5, 0.6) is 0 Å². The maximum Gasteiger partial charge on any atom is 0.195 e. The molecule has 2 aromatic rings. The fraction of sp³-hybridized carbons (Fsp3) is 0.357. The number of fused-ring (bicyclic) bond motifs is 1. The van der Waals surface area contributed by atoms with Gasteiger partial charge in [0, 0.05) is 12.1 Å². The summed E-state index contributed by atoms with van der Waals surface area (Å²) in [6, 6.07) is 5.96. The Morgan fingerprint density at radius 2 is 2.29 bits per heavy atom. The SMILES string of the molecule is CCCCc1nc2ccc(/C=C(/C)N)cc2o1. The van der Waals surface area contributed by atoms with E-state index in [0.717, 1.165) is 47.5 Å². The lowest BCUT2D eigenvalue weighted by atomic mass is 10.2. The molecule has 0 atom stereocenters. The van der Waals surface area contributed by atoms with E-state index >= 15 is 0 Å². The van der Waals surface area contributed by atoms with Crippen molar-refractivity contribution in [3.8, 4) is 0 Å². The maximum absolute atomic E-state index is 5.71. The summed E-state index contributed by atoms with van der Waals surface area (Å²) in [7, 11) is 0. The van der Waals surface area contributed by atoms with Crippen molar-refractivity contribution in [2.75, 3.05) is 0 Å². The van der Waals surface area contributed by atoms with Gasteiger partial charge in [0.2, 0.25) is 0 Å². The van der Waals surface area contributed by atoms with E-state index in [4.69, 9.17) is 10.2 Å². The number of hydrogen-bond donors (Lipinski definition) is 1. The fourth-order valence-electron chi connectivity index (χ4n) is 1.78. The molecule has 1 aromatic carbocycles. The number of rotatable bonds is 4. The van der Waals surface area contributed by atoms with Crippen molar-refractivity contribution in [2.24, 2.45) is 5.73 Å². The van der Waals surface area contributed by atoms with E-state index in [-0.39, 0.29) is 0 Å². The highest BCUT2D eigenvalue weighted by Crippen LogP contribution is 2.19. The molecule has 0 aliphatic carbocycles. The van der Waals surface area contributed by atoms with Gasteiger partial charge in [-0.1, -0.05) is 19.4 Å². The van der Waals surface area contributed by atoms with E-state index in [1.54, 1.807) is 0 Å². The number of hydrogen-bond acceptors (Lipinski definition) is 3. The van der Waals surface area contributed by atoms with E-state index in [1.807, 2.05) is 31.2 Å². The first-order valence-electron chi connectivity index (χ1n) is 6.02. The second-order valence-electron chi connectivity index (χ2n) is 4.33. The normalized spacial score (nSPS) is 12.2. The number of aryl methyl sites for hydroxylation is 1. The van der Waals surface area contributed by atoms with Crippen LogP contribution in [0.2, 0.25) is 0 Å². The third-order valence-electron chi connectivity index (χ3n) is 2.60. The van der Waals surface area contributed by atoms with Gasteiger partial charge in [-0.15, -0.1) is 0 Å². The molecule has 0 fully saturated rings. The zero-order valence-corrected chi connectivity index (χ0v) is 10.4. The summed E-state index contributed by atoms with van der Waals surface area (Å²) in [5, 5.41) is 0. The van der Waals surface area contributed by atoms with Crippen LogP contribution >= 0.6 is 0 Å². The summed E-state index contributed by atoms with van der Waals surface area (Å²) in [4.78, 5) is 4.45. The minimum Gasteiger partial charge on any atom is -0.441 e. The summed E-state index contributed by atoms with van der Waals surface area (Å²) >= 11 is 0. The predicted octanol–water partition coefficient (Wildman–Crippen LogP) is 3.49. The molecular weight excluding hydrogens is 212 g/mol. The van der Waals surface area contributed by atoms with E-state index in [1.165, 1.54) is 0 Å². The van der Waals surface area contributed by atoms with Crippen molar-refractivity contribution in [2.45, 2.75) is 33.1 Å². The Bertz CT molecular complexity index is 536.